The molecule has 1 amide bonds. The van der Waals surface area contributed by atoms with Gasteiger partial charge in [0.25, 0.3) is 0 Å². The summed E-state index contributed by atoms with van der Waals surface area (Å²) in [5.41, 5.74) is 3.61. The average molecular weight is 461 g/mol. The molecule has 1 aromatic heterocycles. The van der Waals surface area contributed by atoms with Crippen LogP contribution in [0.1, 0.15) is 39.2 Å². The number of benzene rings is 2. The van der Waals surface area contributed by atoms with E-state index in [9.17, 15) is 4.79 Å². The van der Waals surface area contributed by atoms with Gasteiger partial charge in [0.2, 0.25) is 5.91 Å². The van der Waals surface area contributed by atoms with E-state index in [0.29, 0.717) is 11.7 Å². The molecule has 1 fully saturated rings. The molecule has 172 valence electrons. The van der Waals surface area contributed by atoms with E-state index >= 15 is 0 Å². The molecule has 1 aliphatic heterocycles. The van der Waals surface area contributed by atoms with Crippen LogP contribution in [-0.4, -0.2) is 34.4 Å². The minimum atomic E-state index is -0.0213. The topological polar surface area (TPSA) is 58.1 Å². The second kappa shape index (κ2) is 10.8. The van der Waals surface area contributed by atoms with Crippen LogP contribution in [0.5, 0.6) is 0 Å². The number of anilines is 2. The van der Waals surface area contributed by atoms with Gasteiger partial charge in [-0.3, -0.25) is 4.79 Å². The van der Waals surface area contributed by atoms with Crippen molar-refractivity contribution in [3.63, 3.8) is 0 Å². The fraction of sp³-hybridized carbons (Fsp3) is 0.370. The molecule has 0 radical (unpaired) electrons. The number of nitrogens with zero attached hydrogens (tertiary/aromatic N) is 3. The molecule has 4 rings (SSSR count). The highest BCUT2D eigenvalue weighted by atomic mass is 32.2. The summed E-state index contributed by atoms with van der Waals surface area (Å²) in [5, 5.41) is 12.4. The van der Waals surface area contributed by atoms with Gasteiger partial charge in [0.15, 0.2) is 5.82 Å². The first-order chi connectivity index (χ1) is 16.0. The van der Waals surface area contributed by atoms with E-state index in [-0.39, 0.29) is 5.91 Å². The van der Waals surface area contributed by atoms with Crippen molar-refractivity contribution in [1.29, 1.82) is 0 Å². The van der Waals surface area contributed by atoms with Gasteiger partial charge in [0.05, 0.1) is 12.1 Å². The van der Waals surface area contributed by atoms with Gasteiger partial charge in [0.1, 0.15) is 0 Å². The van der Waals surface area contributed by atoms with Crippen molar-refractivity contribution in [2.24, 2.45) is 5.92 Å². The summed E-state index contributed by atoms with van der Waals surface area (Å²) in [6, 6.07) is 20.1. The molecule has 1 aliphatic rings. The summed E-state index contributed by atoms with van der Waals surface area (Å²) in [6.45, 7) is 8.75. The van der Waals surface area contributed by atoms with Gasteiger partial charge >= 0.3 is 0 Å². The molecule has 2 heterocycles. The van der Waals surface area contributed by atoms with Crippen molar-refractivity contribution in [1.82, 2.24) is 10.2 Å². The summed E-state index contributed by atoms with van der Waals surface area (Å²) in [4.78, 5) is 16.0. The smallest absolute Gasteiger partial charge is 0.228 e. The molecular formula is C27H32N4OS. The Morgan fingerprint density at radius 2 is 1.70 bits per heavy atom. The van der Waals surface area contributed by atoms with E-state index < -0.39 is 0 Å². The lowest BCUT2D eigenvalue weighted by Crippen LogP contribution is -2.33. The van der Waals surface area contributed by atoms with Crippen LogP contribution in [-0.2, 0) is 11.2 Å². The zero-order valence-corrected chi connectivity index (χ0v) is 20.4. The predicted octanol–water partition coefficient (Wildman–Crippen LogP) is 6.06. The predicted molar refractivity (Wildman–Crippen MR) is 138 cm³/mol. The molecule has 0 atom stereocenters. The molecule has 0 saturated carbocycles. The highest BCUT2D eigenvalue weighted by molar-refractivity contribution is 7.99. The van der Waals surface area contributed by atoms with Gasteiger partial charge in [-0.25, -0.2) is 0 Å². The Hall–Kier alpha value is -2.86. The van der Waals surface area contributed by atoms with Crippen molar-refractivity contribution in [3.8, 4) is 11.3 Å². The van der Waals surface area contributed by atoms with Crippen molar-refractivity contribution in [2.75, 3.05) is 23.3 Å². The molecule has 2 aromatic carbocycles. The summed E-state index contributed by atoms with van der Waals surface area (Å²) >= 11 is 1.82. The van der Waals surface area contributed by atoms with Crippen LogP contribution in [0.2, 0.25) is 0 Å². The van der Waals surface area contributed by atoms with Gasteiger partial charge in [-0.15, -0.1) is 22.0 Å². The second-order valence-electron chi connectivity index (χ2n) is 9.06. The van der Waals surface area contributed by atoms with E-state index in [1.165, 1.54) is 17.7 Å². The van der Waals surface area contributed by atoms with Gasteiger partial charge in [-0.05, 0) is 60.7 Å². The lowest BCUT2D eigenvalue weighted by atomic mass is 9.99. The zero-order chi connectivity index (χ0) is 23.2. The molecule has 33 heavy (non-hydrogen) atoms. The number of hydrogen-bond acceptors (Lipinski definition) is 5. The Labute approximate surface area is 201 Å². The zero-order valence-electron chi connectivity index (χ0n) is 19.6. The van der Waals surface area contributed by atoms with E-state index in [1.807, 2.05) is 54.2 Å². The third-order valence-electron chi connectivity index (χ3n) is 5.88. The first-order valence-corrected chi connectivity index (χ1v) is 12.6. The highest BCUT2D eigenvalue weighted by Gasteiger charge is 2.17. The minimum absolute atomic E-state index is 0.0213. The number of thioether (sulfide) groups is 1. The number of piperidine rings is 1. The van der Waals surface area contributed by atoms with Gasteiger partial charge in [-0.1, -0.05) is 45.0 Å². The van der Waals surface area contributed by atoms with Crippen LogP contribution in [0, 0.1) is 5.92 Å². The largest absolute Gasteiger partial charge is 0.355 e. The Kier molecular flexibility index (Phi) is 7.65. The quantitative estimate of drug-likeness (QED) is 0.434. The molecule has 1 saturated heterocycles. The van der Waals surface area contributed by atoms with Crippen LogP contribution in [0.15, 0.2) is 65.6 Å². The maximum absolute atomic E-state index is 12.5. The van der Waals surface area contributed by atoms with Crippen LogP contribution < -0.4 is 10.2 Å². The molecule has 6 heteroatoms. The number of amides is 1. The third kappa shape index (κ3) is 6.57. The first-order valence-electron chi connectivity index (χ1n) is 11.7. The Bertz CT molecular complexity index is 1040. The molecule has 5 nitrogen and oxygen atoms in total. The number of carbonyl (C=O) groups is 1. The number of hydrogen-bond donors (Lipinski definition) is 1. The van der Waals surface area contributed by atoms with Crippen LogP contribution in [0.4, 0.5) is 11.5 Å². The van der Waals surface area contributed by atoms with E-state index in [0.717, 1.165) is 47.3 Å². The summed E-state index contributed by atoms with van der Waals surface area (Å²) < 4.78 is 0. The summed E-state index contributed by atoms with van der Waals surface area (Å²) in [6.07, 6.45) is 2.77. The van der Waals surface area contributed by atoms with Crippen molar-refractivity contribution < 1.29 is 4.79 Å². The molecule has 0 bridgehead atoms. The Morgan fingerprint density at radius 3 is 2.30 bits per heavy atom. The van der Waals surface area contributed by atoms with Crippen molar-refractivity contribution in [2.45, 2.75) is 50.2 Å². The lowest BCUT2D eigenvalue weighted by molar-refractivity contribution is -0.115. The normalized spacial score (nSPS) is 14.5. The Balaban J connectivity index is 1.32. The van der Waals surface area contributed by atoms with E-state index in [4.69, 9.17) is 0 Å². The summed E-state index contributed by atoms with van der Waals surface area (Å²) in [7, 11) is 0. The fourth-order valence-electron chi connectivity index (χ4n) is 3.96. The molecular weight excluding hydrogens is 428 g/mol. The van der Waals surface area contributed by atoms with E-state index in [2.05, 4.69) is 59.4 Å². The first kappa shape index (κ1) is 23.3. The van der Waals surface area contributed by atoms with Crippen LogP contribution >= 0.6 is 11.8 Å². The number of nitrogens with one attached hydrogen (secondary N) is 1. The van der Waals surface area contributed by atoms with E-state index in [1.54, 1.807) is 0 Å². The lowest BCUT2D eigenvalue weighted by Gasteiger charge is -2.30. The monoisotopic (exact) mass is 460 g/mol. The van der Waals surface area contributed by atoms with Gasteiger partial charge in [0, 0.05) is 34.5 Å². The van der Waals surface area contributed by atoms with Crippen LogP contribution in [0.25, 0.3) is 11.3 Å². The molecule has 0 spiro atoms. The molecule has 0 aliphatic carbocycles. The number of rotatable bonds is 7. The maximum Gasteiger partial charge on any atom is 0.228 e. The average Bonchev–Trinajstić information content (AvgIpc) is 2.81. The third-order valence-corrected chi connectivity index (χ3v) is 6.90. The van der Waals surface area contributed by atoms with Gasteiger partial charge < -0.3 is 10.2 Å². The summed E-state index contributed by atoms with van der Waals surface area (Å²) in [5.74, 6) is 1.72. The van der Waals surface area contributed by atoms with Crippen molar-refractivity contribution in [3.05, 3.63) is 66.2 Å². The number of aromatic nitrogens is 2. The molecule has 3 aromatic rings. The van der Waals surface area contributed by atoms with Crippen LogP contribution in [0.3, 0.4) is 0 Å². The standard InChI is InChI=1S/C27H32N4OS/c1-19(2)33-24-10-4-21(5-11-24)18-27(32)28-23-8-6-22(7-9-23)25-12-13-26(30-29-25)31-16-14-20(3)15-17-31/h4-13,19-20H,14-18H2,1-3H3,(H,28,32). The minimum Gasteiger partial charge on any atom is -0.355 e. The second-order valence-corrected chi connectivity index (χ2v) is 10.7. The van der Waals surface area contributed by atoms with Gasteiger partial charge in [-0.2, -0.15) is 0 Å². The Morgan fingerprint density at radius 1 is 1.00 bits per heavy atom. The van der Waals surface area contributed by atoms with Crippen molar-refractivity contribution >= 4 is 29.2 Å². The number of carbonyl (C=O) groups excluding carboxylic acids is 1. The SMILES string of the molecule is CC1CCN(c2ccc(-c3ccc(NC(=O)Cc4ccc(SC(C)C)cc4)cc3)nn2)CC1. The molecule has 1 N–H and O–H groups in total. The molecule has 0 unspecified atom stereocenters. The maximum atomic E-state index is 12.5. The highest BCUT2D eigenvalue weighted by Crippen LogP contribution is 2.25. The fourth-order valence-corrected chi connectivity index (χ4v) is 4.80.